The molecule has 2 N–H and O–H groups in total. The number of carboxylic acids is 1. The summed E-state index contributed by atoms with van der Waals surface area (Å²) in [7, 11) is 0. The SMILES string of the molecule is O=C(O)c1cc(C2=CC(c3cc(Cl)cc(Cl)c3)(C(F)(F)F)ON2)ccc1CBr. The average molecular weight is 497 g/mol. The van der Waals surface area contributed by atoms with Crippen LogP contribution in [0.5, 0.6) is 0 Å². The standard InChI is InChI=1S/C18H11BrCl2F3NO3/c19-8-10-2-1-9(3-14(10)16(26)27)15-7-17(28-25-15,18(22,23)24)11-4-12(20)6-13(21)5-11/h1-7,25H,8H2,(H,26,27). The van der Waals surface area contributed by atoms with Gasteiger partial charge in [0.25, 0.3) is 0 Å². The van der Waals surface area contributed by atoms with Crippen molar-refractivity contribution in [2.75, 3.05) is 0 Å². The molecular formula is C18H11BrCl2F3NO3. The second-order valence-corrected chi connectivity index (χ2v) is 7.40. The van der Waals surface area contributed by atoms with Gasteiger partial charge in [0.05, 0.1) is 11.3 Å². The zero-order valence-electron chi connectivity index (χ0n) is 13.8. The first-order chi connectivity index (χ1) is 13.1. The van der Waals surface area contributed by atoms with E-state index in [4.69, 9.17) is 28.0 Å². The molecule has 2 aromatic carbocycles. The molecule has 3 rings (SSSR count). The van der Waals surface area contributed by atoms with Crippen molar-refractivity contribution in [1.82, 2.24) is 5.48 Å². The lowest BCUT2D eigenvalue weighted by Crippen LogP contribution is -2.42. The molecule has 0 fully saturated rings. The van der Waals surface area contributed by atoms with Gasteiger partial charge in [0, 0.05) is 26.5 Å². The van der Waals surface area contributed by atoms with Crippen molar-refractivity contribution in [2.45, 2.75) is 17.1 Å². The quantitative estimate of drug-likeness (QED) is 0.516. The van der Waals surface area contributed by atoms with Gasteiger partial charge in [-0.2, -0.15) is 13.2 Å². The number of benzene rings is 2. The van der Waals surface area contributed by atoms with Crippen LogP contribution in [0, 0.1) is 0 Å². The fourth-order valence-corrected chi connectivity index (χ4v) is 3.83. The first-order valence-corrected chi connectivity index (χ1v) is 9.58. The van der Waals surface area contributed by atoms with E-state index in [0.717, 1.165) is 18.2 Å². The van der Waals surface area contributed by atoms with Gasteiger partial charge in [-0.05, 0) is 35.9 Å². The Balaban J connectivity index is 2.15. The Morgan fingerprint density at radius 3 is 2.36 bits per heavy atom. The molecule has 0 bridgehead atoms. The first kappa shape index (κ1) is 21.0. The number of hydroxylamine groups is 1. The topological polar surface area (TPSA) is 58.6 Å². The maximum Gasteiger partial charge on any atom is 0.428 e. The van der Waals surface area contributed by atoms with E-state index in [2.05, 4.69) is 21.4 Å². The molecule has 148 valence electrons. The molecule has 0 saturated carbocycles. The minimum absolute atomic E-state index is 0.0198. The molecular weight excluding hydrogens is 486 g/mol. The molecule has 0 aliphatic carbocycles. The van der Waals surface area contributed by atoms with Crippen LogP contribution in [0.3, 0.4) is 0 Å². The summed E-state index contributed by atoms with van der Waals surface area (Å²) in [5.41, 5.74) is -0.243. The van der Waals surface area contributed by atoms with Gasteiger partial charge in [-0.1, -0.05) is 51.3 Å². The highest BCUT2D eigenvalue weighted by molar-refractivity contribution is 9.08. The third-order valence-corrected chi connectivity index (χ3v) is 5.22. The molecule has 1 aliphatic rings. The highest BCUT2D eigenvalue weighted by Crippen LogP contribution is 2.48. The zero-order valence-corrected chi connectivity index (χ0v) is 16.9. The van der Waals surface area contributed by atoms with Crippen LogP contribution in [0.1, 0.15) is 27.0 Å². The van der Waals surface area contributed by atoms with Crippen LogP contribution in [0.4, 0.5) is 13.2 Å². The van der Waals surface area contributed by atoms with Crippen molar-refractivity contribution < 1.29 is 27.9 Å². The molecule has 0 radical (unpaired) electrons. The number of hydrogen-bond donors (Lipinski definition) is 2. The lowest BCUT2D eigenvalue weighted by atomic mass is 9.91. The van der Waals surface area contributed by atoms with E-state index >= 15 is 0 Å². The molecule has 0 saturated heterocycles. The van der Waals surface area contributed by atoms with Crippen LogP contribution in [0.2, 0.25) is 10.0 Å². The normalized spacial score (nSPS) is 19.3. The third kappa shape index (κ3) is 3.74. The Bertz CT molecular complexity index is 961. The van der Waals surface area contributed by atoms with Crippen LogP contribution in [0.25, 0.3) is 5.70 Å². The molecule has 1 aliphatic heterocycles. The van der Waals surface area contributed by atoms with Crippen molar-refractivity contribution >= 4 is 50.8 Å². The van der Waals surface area contributed by atoms with E-state index in [1.165, 1.54) is 24.3 Å². The first-order valence-electron chi connectivity index (χ1n) is 7.70. The monoisotopic (exact) mass is 495 g/mol. The summed E-state index contributed by atoms with van der Waals surface area (Å²) >= 11 is 14.9. The van der Waals surface area contributed by atoms with E-state index in [0.29, 0.717) is 5.56 Å². The van der Waals surface area contributed by atoms with E-state index in [-0.39, 0.29) is 37.8 Å². The van der Waals surface area contributed by atoms with Gasteiger partial charge in [0.1, 0.15) is 0 Å². The number of carbonyl (C=O) groups is 1. The van der Waals surface area contributed by atoms with Gasteiger partial charge in [-0.25, -0.2) is 4.79 Å². The number of aromatic carboxylic acids is 1. The van der Waals surface area contributed by atoms with Crippen molar-refractivity contribution in [3.8, 4) is 0 Å². The van der Waals surface area contributed by atoms with Gasteiger partial charge in [0.15, 0.2) is 0 Å². The predicted molar refractivity (Wildman–Crippen MR) is 102 cm³/mol. The number of halogens is 6. The summed E-state index contributed by atoms with van der Waals surface area (Å²) in [6.07, 6.45) is -4.01. The zero-order chi connectivity index (χ0) is 20.7. The lowest BCUT2D eigenvalue weighted by Gasteiger charge is -2.28. The van der Waals surface area contributed by atoms with Crippen molar-refractivity contribution in [3.63, 3.8) is 0 Å². The largest absolute Gasteiger partial charge is 0.478 e. The molecule has 4 nitrogen and oxygen atoms in total. The second kappa shape index (κ2) is 7.59. The third-order valence-electron chi connectivity index (χ3n) is 4.18. The van der Waals surface area contributed by atoms with E-state index < -0.39 is 17.7 Å². The molecule has 2 aromatic rings. The minimum Gasteiger partial charge on any atom is -0.478 e. The number of alkyl halides is 4. The van der Waals surface area contributed by atoms with Gasteiger partial charge in [-0.3, -0.25) is 10.3 Å². The van der Waals surface area contributed by atoms with Gasteiger partial charge in [0.2, 0.25) is 5.60 Å². The van der Waals surface area contributed by atoms with Crippen molar-refractivity contribution in [2.24, 2.45) is 0 Å². The fourth-order valence-electron chi connectivity index (χ4n) is 2.81. The molecule has 0 aromatic heterocycles. The summed E-state index contributed by atoms with van der Waals surface area (Å²) in [6, 6.07) is 7.82. The maximum atomic E-state index is 14.0. The minimum atomic E-state index is -4.85. The molecule has 1 heterocycles. The van der Waals surface area contributed by atoms with Crippen LogP contribution >= 0.6 is 39.1 Å². The van der Waals surface area contributed by atoms with Crippen molar-refractivity contribution in [1.29, 1.82) is 0 Å². The summed E-state index contributed by atoms with van der Waals surface area (Å²) in [5, 5.41) is 9.66. The smallest absolute Gasteiger partial charge is 0.428 e. The average Bonchev–Trinajstić information content (AvgIpc) is 3.07. The molecule has 10 heteroatoms. The fraction of sp³-hybridized carbons (Fsp3) is 0.167. The molecule has 1 atom stereocenters. The maximum absolute atomic E-state index is 14.0. The number of carboxylic acid groups (broad SMARTS) is 1. The Morgan fingerprint density at radius 2 is 1.82 bits per heavy atom. The van der Waals surface area contributed by atoms with Gasteiger partial charge in [-0.15, -0.1) is 0 Å². The molecule has 28 heavy (non-hydrogen) atoms. The highest BCUT2D eigenvalue weighted by Gasteiger charge is 2.59. The lowest BCUT2D eigenvalue weighted by molar-refractivity contribution is -0.269. The van der Waals surface area contributed by atoms with E-state index in [1.807, 2.05) is 0 Å². The number of hydrogen-bond acceptors (Lipinski definition) is 3. The predicted octanol–water partition coefficient (Wildman–Crippen LogP) is 5.92. The molecule has 1 unspecified atom stereocenters. The Kier molecular flexibility index (Phi) is 5.69. The Labute approximate surface area is 176 Å². The van der Waals surface area contributed by atoms with Crippen LogP contribution in [-0.2, 0) is 15.8 Å². The van der Waals surface area contributed by atoms with Crippen LogP contribution in [0.15, 0.2) is 42.5 Å². The van der Waals surface area contributed by atoms with E-state index in [1.54, 1.807) is 0 Å². The van der Waals surface area contributed by atoms with E-state index in [9.17, 15) is 23.1 Å². The number of rotatable bonds is 4. The van der Waals surface area contributed by atoms with Crippen molar-refractivity contribution in [3.05, 3.63) is 74.8 Å². The number of nitrogens with one attached hydrogen (secondary N) is 1. The second-order valence-electron chi connectivity index (χ2n) is 5.96. The molecule has 0 amide bonds. The summed E-state index contributed by atoms with van der Waals surface area (Å²) in [4.78, 5) is 16.4. The van der Waals surface area contributed by atoms with Gasteiger partial charge < -0.3 is 5.11 Å². The Hall–Kier alpha value is -1.74. The Morgan fingerprint density at radius 1 is 1.18 bits per heavy atom. The summed E-state index contributed by atoms with van der Waals surface area (Å²) < 4.78 is 42.0. The highest BCUT2D eigenvalue weighted by atomic mass is 79.9. The summed E-state index contributed by atoms with van der Waals surface area (Å²) in [6.45, 7) is 0. The summed E-state index contributed by atoms with van der Waals surface area (Å²) in [5.74, 6) is -1.19. The van der Waals surface area contributed by atoms with Gasteiger partial charge >= 0.3 is 12.1 Å². The molecule has 0 spiro atoms. The van der Waals surface area contributed by atoms with Crippen LogP contribution < -0.4 is 5.48 Å². The van der Waals surface area contributed by atoms with Crippen LogP contribution in [-0.4, -0.2) is 17.3 Å².